The van der Waals surface area contributed by atoms with Crippen LogP contribution in [0, 0.1) is 0 Å². The highest BCUT2D eigenvalue weighted by atomic mass is 14.5. The van der Waals surface area contributed by atoms with Gasteiger partial charge in [0.1, 0.15) is 0 Å². The zero-order valence-electron chi connectivity index (χ0n) is 11.6. The minimum absolute atomic E-state index is 0.771. The quantitative estimate of drug-likeness (QED) is 0.788. The van der Waals surface area contributed by atoms with Crippen LogP contribution >= 0.6 is 0 Å². The third-order valence-electron chi connectivity index (χ3n) is 3.37. The molecule has 0 fully saturated rings. The molecule has 2 aromatic carbocycles. The second-order valence-electron chi connectivity index (χ2n) is 4.95. The van der Waals surface area contributed by atoms with Crippen LogP contribution in [0.5, 0.6) is 0 Å². The van der Waals surface area contributed by atoms with Gasteiger partial charge in [-0.25, -0.2) is 0 Å². The van der Waals surface area contributed by atoms with Crippen LogP contribution in [0.3, 0.4) is 0 Å². The Kier molecular flexibility index (Phi) is 4.26. The molecule has 4 N–H and O–H groups in total. The van der Waals surface area contributed by atoms with E-state index in [1.807, 2.05) is 48.5 Å². The Hall–Kier alpha value is -2.48. The van der Waals surface area contributed by atoms with Gasteiger partial charge in [-0.05, 0) is 59.4 Å². The third kappa shape index (κ3) is 3.51. The normalized spacial score (nSPS) is 10.2. The van der Waals surface area contributed by atoms with E-state index in [9.17, 15) is 0 Å². The Morgan fingerprint density at radius 3 is 1.25 bits per heavy atom. The molecule has 0 aliphatic rings. The van der Waals surface area contributed by atoms with Crippen LogP contribution in [-0.2, 0) is 0 Å². The molecule has 0 unspecified atom stereocenters. The number of anilines is 2. The molecule has 0 saturated heterocycles. The number of nitrogens with two attached hydrogens (primary N) is 2. The molecule has 0 aromatic heterocycles. The predicted octanol–water partition coefficient (Wildman–Crippen LogP) is 4.36. The minimum atomic E-state index is 0.771. The van der Waals surface area contributed by atoms with E-state index in [1.54, 1.807) is 0 Å². The second kappa shape index (κ2) is 6.11. The van der Waals surface area contributed by atoms with Crippen LogP contribution in [0.15, 0.2) is 61.7 Å². The summed E-state index contributed by atoms with van der Waals surface area (Å²) >= 11 is 0. The molecule has 0 bridgehead atoms. The Morgan fingerprint density at radius 2 is 0.950 bits per heavy atom. The maximum atomic E-state index is 5.68. The third-order valence-corrected chi connectivity index (χ3v) is 3.37. The molecular formula is C18H20N2. The monoisotopic (exact) mass is 264 g/mol. The van der Waals surface area contributed by atoms with Gasteiger partial charge in [-0.2, -0.15) is 0 Å². The van der Waals surface area contributed by atoms with E-state index in [4.69, 9.17) is 11.5 Å². The summed E-state index contributed by atoms with van der Waals surface area (Å²) in [6, 6.07) is 15.6. The number of rotatable bonds is 5. The number of nitrogen functional groups attached to an aromatic ring is 2. The molecule has 0 spiro atoms. The molecule has 2 nitrogen and oxygen atoms in total. The van der Waals surface area contributed by atoms with Gasteiger partial charge < -0.3 is 11.5 Å². The first-order valence-corrected chi connectivity index (χ1v) is 6.63. The van der Waals surface area contributed by atoms with Crippen molar-refractivity contribution >= 4 is 22.5 Å². The van der Waals surface area contributed by atoms with Crippen LogP contribution in [0.2, 0.25) is 0 Å². The average Bonchev–Trinajstić information content (AvgIpc) is 2.46. The molecule has 2 heteroatoms. The van der Waals surface area contributed by atoms with Crippen molar-refractivity contribution in [2.75, 3.05) is 11.5 Å². The Labute approximate surface area is 120 Å². The van der Waals surface area contributed by atoms with E-state index in [2.05, 4.69) is 13.2 Å². The highest BCUT2D eigenvalue weighted by molar-refractivity contribution is 5.70. The molecule has 2 rings (SSSR count). The summed E-state index contributed by atoms with van der Waals surface area (Å²) < 4.78 is 0. The molecule has 0 atom stereocenters. The minimum Gasteiger partial charge on any atom is -0.399 e. The molecule has 0 aliphatic heterocycles. The van der Waals surface area contributed by atoms with Crippen molar-refractivity contribution in [1.29, 1.82) is 0 Å². The van der Waals surface area contributed by atoms with Crippen LogP contribution in [0.25, 0.3) is 11.1 Å². The van der Waals surface area contributed by atoms with E-state index >= 15 is 0 Å². The largest absolute Gasteiger partial charge is 0.399 e. The van der Waals surface area contributed by atoms with Crippen molar-refractivity contribution < 1.29 is 0 Å². The maximum Gasteiger partial charge on any atom is 0.0314 e. The SMILES string of the molecule is C=C(CCC(=C)c1ccc(N)cc1)c1ccc(N)cc1. The van der Waals surface area contributed by atoms with Gasteiger partial charge in [0.15, 0.2) is 0 Å². The average molecular weight is 264 g/mol. The van der Waals surface area contributed by atoms with Gasteiger partial charge in [0.2, 0.25) is 0 Å². The Bertz CT molecular complexity index is 549. The fourth-order valence-electron chi connectivity index (χ4n) is 2.03. The highest BCUT2D eigenvalue weighted by Crippen LogP contribution is 2.25. The Morgan fingerprint density at radius 1 is 0.650 bits per heavy atom. The van der Waals surface area contributed by atoms with Crippen molar-refractivity contribution in [1.82, 2.24) is 0 Å². The summed E-state index contributed by atoms with van der Waals surface area (Å²) in [4.78, 5) is 0. The van der Waals surface area contributed by atoms with Gasteiger partial charge in [-0.1, -0.05) is 37.4 Å². The molecule has 102 valence electrons. The van der Waals surface area contributed by atoms with Gasteiger partial charge in [0, 0.05) is 11.4 Å². The van der Waals surface area contributed by atoms with Crippen LogP contribution in [0.4, 0.5) is 11.4 Å². The Balaban J connectivity index is 1.94. The molecule has 0 amide bonds. The van der Waals surface area contributed by atoms with Crippen molar-refractivity contribution in [3.63, 3.8) is 0 Å². The smallest absolute Gasteiger partial charge is 0.0314 e. The van der Waals surface area contributed by atoms with E-state index in [1.165, 1.54) is 0 Å². The number of allylic oxidation sites excluding steroid dienone is 2. The molecule has 0 heterocycles. The lowest BCUT2D eigenvalue weighted by atomic mass is 9.97. The number of hydrogen-bond donors (Lipinski definition) is 2. The summed E-state index contributed by atoms with van der Waals surface area (Å²) in [5, 5.41) is 0. The lowest BCUT2D eigenvalue weighted by molar-refractivity contribution is 1.09. The summed E-state index contributed by atoms with van der Waals surface area (Å²) in [6.07, 6.45) is 1.76. The van der Waals surface area contributed by atoms with Gasteiger partial charge in [0.05, 0.1) is 0 Å². The van der Waals surface area contributed by atoms with Crippen molar-refractivity contribution in [3.05, 3.63) is 72.8 Å². The number of hydrogen-bond acceptors (Lipinski definition) is 2. The van der Waals surface area contributed by atoms with E-state index < -0.39 is 0 Å². The first kappa shape index (κ1) is 13.9. The highest BCUT2D eigenvalue weighted by Gasteiger charge is 2.03. The predicted molar refractivity (Wildman–Crippen MR) is 89.0 cm³/mol. The van der Waals surface area contributed by atoms with E-state index in [-0.39, 0.29) is 0 Å². The van der Waals surface area contributed by atoms with Crippen LogP contribution in [0.1, 0.15) is 24.0 Å². The fraction of sp³-hybridized carbons (Fsp3) is 0.111. The van der Waals surface area contributed by atoms with Gasteiger partial charge in [-0.15, -0.1) is 0 Å². The van der Waals surface area contributed by atoms with Gasteiger partial charge in [-0.3, -0.25) is 0 Å². The topological polar surface area (TPSA) is 52.0 Å². The van der Waals surface area contributed by atoms with Gasteiger partial charge in [0.25, 0.3) is 0 Å². The van der Waals surface area contributed by atoms with Crippen LogP contribution < -0.4 is 11.5 Å². The first-order valence-electron chi connectivity index (χ1n) is 6.63. The van der Waals surface area contributed by atoms with Crippen molar-refractivity contribution in [3.8, 4) is 0 Å². The zero-order valence-corrected chi connectivity index (χ0v) is 11.6. The molecule has 0 radical (unpaired) electrons. The molecule has 20 heavy (non-hydrogen) atoms. The van der Waals surface area contributed by atoms with E-state index in [0.29, 0.717) is 0 Å². The molecule has 0 aliphatic carbocycles. The summed E-state index contributed by atoms with van der Waals surface area (Å²) in [5.74, 6) is 0. The first-order chi connectivity index (χ1) is 9.56. The van der Waals surface area contributed by atoms with E-state index in [0.717, 1.165) is 46.5 Å². The van der Waals surface area contributed by atoms with Crippen molar-refractivity contribution in [2.45, 2.75) is 12.8 Å². The van der Waals surface area contributed by atoms with Crippen molar-refractivity contribution in [2.24, 2.45) is 0 Å². The summed E-state index contributed by atoms with van der Waals surface area (Å²) in [5.41, 5.74) is 17.4. The lowest BCUT2D eigenvalue weighted by Gasteiger charge is -2.09. The van der Waals surface area contributed by atoms with Crippen LogP contribution in [-0.4, -0.2) is 0 Å². The summed E-state index contributed by atoms with van der Waals surface area (Å²) in [6.45, 7) is 8.26. The lowest BCUT2D eigenvalue weighted by Crippen LogP contribution is -1.90. The standard InChI is InChI=1S/C18H20N2/c1-13(15-5-9-17(19)10-6-15)3-4-14(2)16-7-11-18(20)12-8-16/h5-12H,1-4,19-20H2. The fourth-order valence-corrected chi connectivity index (χ4v) is 2.03. The second-order valence-corrected chi connectivity index (χ2v) is 4.95. The number of benzene rings is 2. The molecule has 2 aromatic rings. The molecule has 0 saturated carbocycles. The molecular weight excluding hydrogens is 244 g/mol. The summed E-state index contributed by atoms with van der Waals surface area (Å²) in [7, 11) is 0. The maximum absolute atomic E-state index is 5.68. The van der Waals surface area contributed by atoms with Gasteiger partial charge >= 0.3 is 0 Å². The zero-order chi connectivity index (χ0) is 14.5.